The molecule has 1 N–H and O–H groups in total. The molecule has 21 heavy (non-hydrogen) atoms. The molecule has 0 amide bonds. The van der Waals surface area contributed by atoms with Crippen LogP contribution in [0.25, 0.3) is 11.6 Å². The summed E-state index contributed by atoms with van der Waals surface area (Å²) in [5.74, 6) is 4.96. The fourth-order valence-corrected chi connectivity index (χ4v) is 3.25. The minimum atomic E-state index is 0.599. The van der Waals surface area contributed by atoms with Gasteiger partial charge < -0.3 is 9.73 Å². The molecule has 2 aliphatic carbocycles. The zero-order valence-corrected chi connectivity index (χ0v) is 12.6. The number of hydrogen-bond donors (Lipinski definition) is 1. The van der Waals surface area contributed by atoms with Crippen molar-refractivity contribution >= 4 is 5.82 Å². The van der Waals surface area contributed by atoms with E-state index in [-0.39, 0.29) is 0 Å². The summed E-state index contributed by atoms with van der Waals surface area (Å²) in [5, 5.41) is 3.37. The zero-order valence-electron chi connectivity index (χ0n) is 12.6. The summed E-state index contributed by atoms with van der Waals surface area (Å²) in [7, 11) is 0. The van der Waals surface area contributed by atoms with Gasteiger partial charge in [0.15, 0.2) is 11.6 Å². The third-order valence-corrected chi connectivity index (χ3v) is 4.60. The predicted octanol–water partition coefficient (Wildman–Crippen LogP) is 3.78. The van der Waals surface area contributed by atoms with E-state index in [1.807, 2.05) is 6.07 Å². The second kappa shape index (κ2) is 4.86. The molecule has 1 fully saturated rings. The van der Waals surface area contributed by atoms with Crippen molar-refractivity contribution in [2.75, 3.05) is 11.9 Å². The van der Waals surface area contributed by atoms with Gasteiger partial charge in [0, 0.05) is 23.7 Å². The number of anilines is 1. The van der Waals surface area contributed by atoms with Crippen LogP contribution in [-0.2, 0) is 12.8 Å². The van der Waals surface area contributed by atoms with Crippen molar-refractivity contribution < 1.29 is 4.42 Å². The highest BCUT2D eigenvalue weighted by atomic mass is 16.3. The number of hydrogen-bond acceptors (Lipinski definition) is 4. The lowest BCUT2D eigenvalue weighted by atomic mass is 10.2. The molecule has 4 heteroatoms. The summed E-state index contributed by atoms with van der Waals surface area (Å²) >= 11 is 0. The van der Waals surface area contributed by atoms with Crippen LogP contribution in [0.4, 0.5) is 5.82 Å². The molecule has 0 radical (unpaired) electrons. The van der Waals surface area contributed by atoms with Gasteiger partial charge in [-0.1, -0.05) is 6.92 Å². The van der Waals surface area contributed by atoms with Crippen molar-refractivity contribution in [3.8, 4) is 11.6 Å². The Hall–Kier alpha value is -1.84. The number of nitrogens with one attached hydrogen (secondary N) is 1. The van der Waals surface area contributed by atoms with E-state index in [4.69, 9.17) is 14.4 Å². The molecular weight excluding hydrogens is 262 g/mol. The molecule has 0 bridgehead atoms. The fourth-order valence-electron chi connectivity index (χ4n) is 3.25. The third kappa shape index (κ3) is 2.23. The Morgan fingerprint density at radius 1 is 1.29 bits per heavy atom. The molecule has 0 spiro atoms. The number of furan rings is 1. The number of aromatic nitrogens is 2. The minimum Gasteiger partial charge on any atom is -0.457 e. The average Bonchev–Trinajstić information content (AvgIpc) is 2.94. The van der Waals surface area contributed by atoms with Crippen LogP contribution in [0.3, 0.4) is 0 Å². The standard InChI is InChI=1S/C17H21N3O/c1-3-18-16-11-5-4-6-13(11)19-17(20-16)15-8-7-14(21-15)12-9-10(12)2/h7-8,10,12H,3-6,9H2,1-2H3,(H,18,19,20). The van der Waals surface area contributed by atoms with Crippen LogP contribution in [0.2, 0.25) is 0 Å². The molecule has 2 aliphatic rings. The lowest BCUT2D eigenvalue weighted by Crippen LogP contribution is -2.06. The number of aryl methyl sites for hydroxylation is 1. The molecule has 2 aromatic heterocycles. The summed E-state index contributed by atoms with van der Waals surface area (Å²) in [6.07, 6.45) is 4.55. The number of nitrogens with zero attached hydrogens (tertiary/aromatic N) is 2. The lowest BCUT2D eigenvalue weighted by Gasteiger charge is -2.09. The summed E-state index contributed by atoms with van der Waals surface area (Å²) in [6.45, 7) is 5.25. The zero-order chi connectivity index (χ0) is 14.4. The monoisotopic (exact) mass is 283 g/mol. The van der Waals surface area contributed by atoms with E-state index in [1.165, 1.54) is 24.1 Å². The van der Waals surface area contributed by atoms with Crippen molar-refractivity contribution in [2.45, 2.75) is 45.4 Å². The highest BCUT2D eigenvalue weighted by molar-refractivity contribution is 5.57. The number of fused-ring (bicyclic) bond motifs is 1. The Bertz CT molecular complexity index is 677. The van der Waals surface area contributed by atoms with Crippen LogP contribution in [0.5, 0.6) is 0 Å². The molecule has 4 rings (SSSR count). The lowest BCUT2D eigenvalue weighted by molar-refractivity contribution is 0.515. The van der Waals surface area contributed by atoms with Crippen LogP contribution in [0.1, 0.15) is 49.6 Å². The van der Waals surface area contributed by atoms with Crippen LogP contribution in [0, 0.1) is 5.92 Å². The first kappa shape index (κ1) is 12.9. The molecule has 0 saturated heterocycles. The van der Waals surface area contributed by atoms with Crippen LogP contribution in [-0.4, -0.2) is 16.5 Å². The molecule has 2 aromatic rings. The Balaban J connectivity index is 1.71. The van der Waals surface area contributed by atoms with Gasteiger partial charge >= 0.3 is 0 Å². The molecule has 0 aliphatic heterocycles. The Labute approximate surface area is 125 Å². The molecule has 2 atom stereocenters. The van der Waals surface area contributed by atoms with Crippen LogP contribution in [0.15, 0.2) is 16.5 Å². The predicted molar refractivity (Wildman–Crippen MR) is 82.4 cm³/mol. The van der Waals surface area contributed by atoms with Gasteiger partial charge in [0.25, 0.3) is 0 Å². The molecule has 0 aromatic carbocycles. The smallest absolute Gasteiger partial charge is 0.197 e. The summed E-state index contributed by atoms with van der Waals surface area (Å²) in [4.78, 5) is 9.43. The van der Waals surface area contributed by atoms with Gasteiger partial charge in [0.2, 0.25) is 0 Å². The first-order valence-electron chi connectivity index (χ1n) is 8.00. The Morgan fingerprint density at radius 3 is 2.90 bits per heavy atom. The maximum Gasteiger partial charge on any atom is 0.197 e. The van der Waals surface area contributed by atoms with Gasteiger partial charge in [-0.15, -0.1) is 0 Å². The van der Waals surface area contributed by atoms with E-state index >= 15 is 0 Å². The van der Waals surface area contributed by atoms with Crippen molar-refractivity contribution in [3.63, 3.8) is 0 Å². The first-order chi connectivity index (χ1) is 10.3. The molecule has 2 heterocycles. The topological polar surface area (TPSA) is 51.0 Å². The number of rotatable bonds is 4. The van der Waals surface area contributed by atoms with E-state index in [1.54, 1.807) is 0 Å². The Kier molecular flexibility index (Phi) is 2.98. The van der Waals surface area contributed by atoms with E-state index in [2.05, 4.69) is 25.2 Å². The fraction of sp³-hybridized carbons (Fsp3) is 0.529. The largest absolute Gasteiger partial charge is 0.457 e. The van der Waals surface area contributed by atoms with Gasteiger partial charge in [-0.05, 0) is 50.7 Å². The summed E-state index contributed by atoms with van der Waals surface area (Å²) < 4.78 is 6.00. The van der Waals surface area contributed by atoms with Crippen molar-refractivity contribution in [2.24, 2.45) is 5.92 Å². The molecular formula is C17H21N3O. The molecule has 4 nitrogen and oxygen atoms in total. The van der Waals surface area contributed by atoms with E-state index in [0.717, 1.165) is 48.5 Å². The van der Waals surface area contributed by atoms with Gasteiger partial charge in [0.05, 0.1) is 0 Å². The second-order valence-electron chi connectivity index (χ2n) is 6.23. The third-order valence-electron chi connectivity index (χ3n) is 4.60. The van der Waals surface area contributed by atoms with E-state index < -0.39 is 0 Å². The summed E-state index contributed by atoms with van der Waals surface area (Å²) in [5.41, 5.74) is 2.48. The van der Waals surface area contributed by atoms with Crippen LogP contribution < -0.4 is 5.32 Å². The maximum atomic E-state index is 6.00. The maximum absolute atomic E-state index is 6.00. The van der Waals surface area contributed by atoms with Gasteiger partial charge in [-0.2, -0.15) is 0 Å². The van der Waals surface area contributed by atoms with Gasteiger partial charge in [-0.3, -0.25) is 0 Å². The highest BCUT2D eigenvalue weighted by Crippen LogP contribution is 2.48. The van der Waals surface area contributed by atoms with Crippen LogP contribution >= 0.6 is 0 Å². The highest BCUT2D eigenvalue weighted by Gasteiger charge is 2.36. The minimum absolute atomic E-state index is 0.599. The molecule has 2 unspecified atom stereocenters. The SMILES string of the molecule is CCNc1nc(-c2ccc(C3CC3C)o2)nc2c1CCC2. The second-order valence-corrected chi connectivity index (χ2v) is 6.23. The van der Waals surface area contributed by atoms with Crippen molar-refractivity contribution in [1.82, 2.24) is 9.97 Å². The quantitative estimate of drug-likeness (QED) is 0.927. The van der Waals surface area contributed by atoms with E-state index in [9.17, 15) is 0 Å². The first-order valence-corrected chi connectivity index (χ1v) is 8.00. The Morgan fingerprint density at radius 2 is 2.14 bits per heavy atom. The molecule has 110 valence electrons. The molecule has 1 saturated carbocycles. The van der Waals surface area contributed by atoms with Gasteiger partial charge in [0.1, 0.15) is 11.6 Å². The summed E-state index contributed by atoms with van der Waals surface area (Å²) in [6, 6.07) is 4.11. The van der Waals surface area contributed by atoms with E-state index in [0.29, 0.717) is 5.92 Å². The normalized spacial score (nSPS) is 23.1. The van der Waals surface area contributed by atoms with Crippen molar-refractivity contribution in [3.05, 3.63) is 29.2 Å². The van der Waals surface area contributed by atoms with Gasteiger partial charge in [-0.25, -0.2) is 9.97 Å². The van der Waals surface area contributed by atoms with Crippen molar-refractivity contribution in [1.29, 1.82) is 0 Å². The average molecular weight is 283 g/mol.